The molecule has 96 valence electrons. The number of pyridine rings is 1. The molecule has 5 heteroatoms. The lowest BCUT2D eigenvalue weighted by atomic mass is 10.1. The number of hydrogen-bond acceptors (Lipinski definition) is 3. The van der Waals surface area contributed by atoms with Crippen molar-refractivity contribution in [3.05, 3.63) is 47.6 Å². The Bertz CT molecular complexity index is 752. The molecular formula is C14H12ClN3O. The first-order valence-electron chi connectivity index (χ1n) is 5.76. The Kier molecular flexibility index (Phi) is 2.80. The van der Waals surface area contributed by atoms with Gasteiger partial charge in [0.25, 0.3) is 0 Å². The van der Waals surface area contributed by atoms with E-state index in [0.29, 0.717) is 10.8 Å². The van der Waals surface area contributed by atoms with E-state index in [-0.39, 0.29) is 0 Å². The SMILES string of the molecule is COc1cccc(-c2nc3ccc(Cl)cn3c2N)c1. The van der Waals surface area contributed by atoms with Crippen LogP contribution in [0.5, 0.6) is 5.75 Å². The number of ether oxygens (including phenoxy) is 1. The molecule has 2 heterocycles. The van der Waals surface area contributed by atoms with Crippen molar-refractivity contribution in [3.8, 4) is 17.0 Å². The van der Waals surface area contributed by atoms with Crippen LogP contribution in [0.4, 0.5) is 5.82 Å². The van der Waals surface area contributed by atoms with Gasteiger partial charge >= 0.3 is 0 Å². The van der Waals surface area contributed by atoms with Gasteiger partial charge in [-0.3, -0.25) is 4.40 Å². The number of fused-ring (bicyclic) bond motifs is 1. The molecule has 0 radical (unpaired) electrons. The summed E-state index contributed by atoms with van der Waals surface area (Å²) in [5.74, 6) is 1.33. The molecule has 1 aromatic carbocycles. The van der Waals surface area contributed by atoms with Crippen molar-refractivity contribution in [1.82, 2.24) is 9.38 Å². The minimum atomic E-state index is 0.561. The smallest absolute Gasteiger partial charge is 0.139 e. The van der Waals surface area contributed by atoms with Crippen LogP contribution in [-0.4, -0.2) is 16.5 Å². The topological polar surface area (TPSA) is 52.5 Å². The van der Waals surface area contributed by atoms with Crippen LogP contribution >= 0.6 is 11.6 Å². The third-order valence-corrected chi connectivity index (χ3v) is 3.19. The molecule has 0 atom stereocenters. The summed E-state index contributed by atoms with van der Waals surface area (Å²) in [7, 11) is 1.63. The Morgan fingerprint density at radius 3 is 2.89 bits per heavy atom. The summed E-state index contributed by atoms with van der Waals surface area (Å²) in [6.07, 6.45) is 1.75. The average molecular weight is 274 g/mol. The van der Waals surface area contributed by atoms with Gasteiger partial charge in [-0.05, 0) is 24.3 Å². The molecule has 0 unspecified atom stereocenters. The zero-order valence-electron chi connectivity index (χ0n) is 10.3. The lowest BCUT2D eigenvalue weighted by molar-refractivity contribution is 0.415. The highest BCUT2D eigenvalue weighted by Crippen LogP contribution is 2.29. The Morgan fingerprint density at radius 1 is 1.26 bits per heavy atom. The highest BCUT2D eigenvalue weighted by atomic mass is 35.5. The molecule has 3 aromatic rings. The molecule has 0 saturated heterocycles. The molecule has 0 amide bonds. The highest BCUT2D eigenvalue weighted by molar-refractivity contribution is 6.30. The zero-order chi connectivity index (χ0) is 13.4. The molecule has 0 aliphatic heterocycles. The van der Waals surface area contributed by atoms with Gasteiger partial charge in [-0.25, -0.2) is 4.98 Å². The molecule has 0 fully saturated rings. The third-order valence-electron chi connectivity index (χ3n) is 2.96. The third kappa shape index (κ3) is 2.00. The van der Waals surface area contributed by atoms with E-state index < -0.39 is 0 Å². The highest BCUT2D eigenvalue weighted by Gasteiger charge is 2.11. The fourth-order valence-corrected chi connectivity index (χ4v) is 2.18. The summed E-state index contributed by atoms with van der Waals surface area (Å²) in [5, 5.41) is 0.619. The van der Waals surface area contributed by atoms with Crippen LogP contribution in [0.1, 0.15) is 0 Å². The van der Waals surface area contributed by atoms with Crippen LogP contribution in [0.15, 0.2) is 42.6 Å². The number of imidazole rings is 1. The molecule has 4 nitrogen and oxygen atoms in total. The van der Waals surface area contributed by atoms with Crippen molar-refractivity contribution < 1.29 is 4.74 Å². The average Bonchev–Trinajstić information content (AvgIpc) is 2.76. The van der Waals surface area contributed by atoms with Gasteiger partial charge in [0.15, 0.2) is 0 Å². The van der Waals surface area contributed by atoms with Crippen LogP contribution in [-0.2, 0) is 0 Å². The second-order valence-electron chi connectivity index (χ2n) is 4.15. The van der Waals surface area contributed by atoms with E-state index >= 15 is 0 Å². The van der Waals surface area contributed by atoms with Crippen molar-refractivity contribution in [2.24, 2.45) is 0 Å². The van der Waals surface area contributed by atoms with E-state index in [4.69, 9.17) is 22.1 Å². The second-order valence-corrected chi connectivity index (χ2v) is 4.59. The van der Waals surface area contributed by atoms with Crippen LogP contribution in [0.3, 0.4) is 0 Å². The molecule has 3 rings (SSSR count). The van der Waals surface area contributed by atoms with E-state index in [0.717, 1.165) is 22.7 Å². The molecule has 0 bridgehead atoms. The zero-order valence-corrected chi connectivity index (χ0v) is 11.1. The monoisotopic (exact) mass is 273 g/mol. The Balaban J connectivity index is 2.21. The van der Waals surface area contributed by atoms with Crippen molar-refractivity contribution in [2.75, 3.05) is 12.8 Å². The predicted octanol–water partition coefficient (Wildman–Crippen LogP) is 3.25. The number of hydrogen-bond donors (Lipinski definition) is 1. The standard InChI is InChI=1S/C14H12ClN3O/c1-19-11-4-2-3-9(7-11)13-14(16)18-8-10(15)5-6-12(18)17-13/h2-8H,16H2,1H3. The molecule has 2 N–H and O–H groups in total. The lowest BCUT2D eigenvalue weighted by Gasteiger charge is -2.03. The summed E-state index contributed by atoms with van der Waals surface area (Å²) in [6, 6.07) is 11.3. The molecular weight excluding hydrogens is 262 g/mol. The Hall–Kier alpha value is -2.20. The molecule has 0 aliphatic carbocycles. The maximum absolute atomic E-state index is 6.13. The van der Waals surface area contributed by atoms with Gasteiger partial charge in [0.2, 0.25) is 0 Å². The van der Waals surface area contributed by atoms with Crippen LogP contribution < -0.4 is 10.5 Å². The summed E-state index contributed by atoms with van der Waals surface area (Å²) in [4.78, 5) is 4.52. The number of nitrogens with zero attached hydrogens (tertiary/aromatic N) is 2. The van der Waals surface area contributed by atoms with Crippen molar-refractivity contribution in [2.45, 2.75) is 0 Å². The largest absolute Gasteiger partial charge is 0.497 e. The number of aromatic nitrogens is 2. The minimum absolute atomic E-state index is 0.561. The quantitative estimate of drug-likeness (QED) is 0.780. The maximum Gasteiger partial charge on any atom is 0.139 e. The number of benzene rings is 1. The number of rotatable bonds is 2. The first-order valence-corrected chi connectivity index (χ1v) is 6.14. The first-order chi connectivity index (χ1) is 9.19. The van der Waals surface area contributed by atoms with Crippen LogP contribution in [0.25, 0.3) is 16.9 Å². The Morgan fingerprint density at radius 2 is 2.11 bits per heavy atom. The second kappa shape index (κ2) is 4.48. The van der Waals surface area contributed by atoms with Gasteiger partial charge in [-0.2, -0.15) is 0 Å². The first kappa shape index (κ1) is 11.9. The number of nitrogens with two attached hydrogens (primary N) is 1. The van der Waals surface area contributed by atoms with E-state index in [9.17, 15) is 0 Å². The number of nitrogen functional groups attached to an aromatic ring is 1. The van der Waals surface area contributed by atoms with Gasteiger partial charge in [0.1, 0.15) is 22.9 Å². The maximum atomic E-state index is 6.13. The van der Waals surface area contributed by atoms with Crippen LogP contribution in [0.2, 0.25) is 5.02 Å². The molecule has 0 aliphatic rings. The Labute approximate surface area is 115 Å². The van der Waals surface area contributed by atoms with Gasteiger partial charge in [-0.1, -0.05) is 23.7 Å². The van der Waals surface area contributed by atoms with E-state index in [1.807, 2.05) is 30.3 Å². The summed E-state index contributed by atoms with van der Waals surface area (Å²) in [5.41, 5.74) is 8.53. The summed E-state index contributed by atoms with van der Waals surface area (Å²) in [6.45, 7) is 0. The fraction of sp³-hybridized carbons (Fsp3) is 0.0714. The fourth-order valence-electron chi connectivity index (χ4n) is 2.02. The molecule has 19 heavy (non-hydrogen) atoms. The van der Waals surface area contributed by atoms with E-state index in [2.05, 4.69) is 4.98 Å². The number of halogens is 1. The normalized spacial score (nSPS) is 10.8. The minimum Gasteiger partial charge on any atom is -0.497 e. The van der Waals surface area contributed by atoms with Gasteiger partial charge in [0, 0.05) is 11.8 Å². The van der Waals surface area contributed by atoms with Gasteiger partial charge in [-0.15, -0.1) is 0 Å². The number of anilines is 1. The van der Waals surface area contributed by atoms with Crippen molar-refractivity contribution >= 4 is 23.1 Å². The number of methoxy groups -OCH3 is 1. The van der Waals surface area contributed by atoms with E-state index in [1.165, 1.54) is 0 Å². The molecule has 0 spiro atoms. The lowest BCUT2D eigenvalue weighted by Crippen LogP contribution is -1.94. The van der Waals surface area contributed by atoms with Crippen molar-refractivity contribution in [3.63, 3.8) is 0 Å². The van der Waals surface area contributed by atoms with Crippen LogP contribution in [0, 0.1) is 0 Å². The van der Waals surface area contributed by atoms with Gasteiger partial charge < -0.3 is 10.5 Å². The molecule has 0 saturated carbocycles. The molecule has 2 aromatic heterocycles. The van der Waals surface area contributed by atoms with Crippen molar-refractivity contribution in [1.29, 1.82) is 0 Å². The summed E-state index contributed by atoms with van der Waals surface area (Å²) < 4.78 is 6.99. The van der Waals surface area contributed by atoms with Gasteiger partial charge in [0.05, 0.1) is 12.1 Å². The predicted molar refractivity (Wildman–Crippen MR) is 76.6 cm³/mol. The van der Waals surface area contributed by atoms with E-state index in [1.54, 1.807) is 23.8 Å². The summed E-state index contributed by atoms with van der Waals surface area (Å²) >= 11 is 5.97.